The van der Waals surface area contributed by atoms with Gasteiger partial charge in [0.2, 0.25) is 0 Å². The van der Waals surface area contributed by atoms with E-state index in [0.717, 1.165) is 31.9 Å². The van der Waals surface area contributed by atoms with Crippen LogP contribution in [0.3, 0.4) is 0 Å². The van der Waals surface area contributed by atoms with Crippen molar-refractivity contribution in [3.8, 4) is 0 Å². The van der Waals surface area contributed by atoms with Crippen LogP contribution in [-0.2, 0) is 6.42 Å². The highest BCUT2D eigenvalue weighted by molar-refractivity contribution is 5.22. The molecule has 21 heavy (non-hydrogen) atoms. The smallest absolute Gasteiger partial charge is 0.163 e. The number of aryl methyl sites for hydroxylation is 1. The second-order valence-electron chi connectivity index (χ2n) is 5.13. The lowest BCUT2D eigenvalue weighted by Gasteiger charge is -2.19. The van der Waals surface area contributed by atoms with Crippen molar-refractivity contribution >= 4 is 0 Å². The summed E-state index contributed by atoms with van der Waals surface area (Å²) in [6, 6.07) is 14.4. The van der Waals surface area contributed by atoms with Crippen molar-refractivity contribution in [3.63, 3.8) is 0 Å². The second-order valence-corrected chi connectivity index (χ2v) is 5.13. The topological polar surface area (TPSA) is 12.0 Å². The first-order valence-corrected chi connectivity index (χ1v) is 7.43. The van der Waals surface area contributed by atoms with Crippen molar-refractivity contribution in [2.75, 3.05) is 6.54 Å². The molecule has 2 aromatic rings. The lowest BCUT2D eigenvalue weighted by atomic mass is 9.98. The summed E-state index contributed by atoms with van der Waals surface area (Å²) in [5, 5.41) is 3.25. The van der Waals surface area contributed by atoms with Crippen LogP contribution in [0.1, 0.15) is 36.9 Å². The third-order valence-electron chi connectivity index (χ3n) is 3.61. The van der Waals surface area contributed by atoms with Gasteiger partial charge in [-0.25, -0.2) is 8.78 Å². The molecule has 2 aromatic carbocycles. The molecular weight excluding hydrogens is 268 g/mol. The molecule has 0 radical (unpaired) electrons. The lowest BCUT2D eigenvalue weighted by Crippen LogP contribution is -2.22. The number of rotatable bonds is 7. The molecule has 0 aliphatic rings. The molecule has 0 fully saturated rings. The van der Waals surface area contributed by atoms with Gasteiger partial charge >= 0.3 is 0 Å². The number of hydrogen-bond donors (Lipinski definition) is 1. The van der Waals surface area contributed by atoms with Gasteiger partial charge in [0.05, 0.1) is 0 Å². The molecule has 0 heterocycles. The van der Waals surface area contributed by atoms with Gasteiger partial charge in [0, 0.05) is 11.6 Å². The fourth-order valence-corrected chi connectivity index (χ4v) is 2.56. The predicted molar refractivity (Wildman–Crippen MR) is 82.2 cm³/mol. The zero-order valence-electron chi connectivity index (χ0n) is 12.3. The van der Waals surface area contributed by atoms with Crippen LogP contribution in [0.15, 0.2) is 48.5 Å². The summed E-state index contributed by atoms with van der Waals surface area (Å²) in [4.78, 5) is 0. The summed E-state index contributed by atoms with van der Waals surface area (Å²) in [6.45, 7) is 2.70. The van der Waals surface area contributed by atoms with Gasteiger partial charge < -0.3 is 5.32 Å². The van der Waals surface area contributed by atoms with Gasteiger partial charge in [-0.3, -0.25) is 0 Å². The average molecular weight is 289 g/mol. The first kappa shape index (κ1) is 15.6. The molecule has 0 saturated carbocycles. The molecule has 1 unspecified atom stereocenters. The lowest BCUT2D eigenvalue weighted by molar-refractivity contribution is 0.445. The van der Waals surface area contributed by atoms with E-state index in [0.29, 0.717) is 5.56 Å². The van der Waals surface area contributed by atoms with Crippen LogP contribution < -0.4 is 5.32 Å². The maximum atomic E-state index is 13.9. The van der Waals surface area contributed by atoms with Crippen molar-refractivity contribution in [1.82, 2.24) is 5.32 Å². The Hall–Kier alpha value is -1.74. The van der Waals surface area contributed by atoms with Gasteiger partial charge in [0.1, 0.15) is 0 Å². The van der Waals surface area contributed by atoms with Gasteiger partial charge in [-0.2, -0.15) is 0 Å². The van der Waals surface area contributed by atoms with Gasteiger partial charge in [0.25, 0.3) is 0 Å². The van der Waals surface area contributed by atoms with E-state index in [1.165, 1.54) is 5.56 Å². The van der Waals surface area contributed by atoms with Crippen LogP contribution in [-0.4, -0.2) is 6.54 Å². The van der Waals surface area contributed by atoms with E-state index in [1.54, 1.807) is 12.1 Å². The van der Waals surface area contributed by atoms with Crippen LogP contribution in [0.2, 0.25) is 0 Å². The Bertz CT molecular complexity index is 554. The maximum Gasteiger partial charge on any atom is 0.163 e. The van der Waals surface area contributed by atoms with Crippen molar-refractivity contribution in [1.29, 1.82) is 0 Å². The maximum absolute atomic E-state index is 13.9. The molecular formula is C18H21F2N. The highest BCUT2D eigenvalue weighted by Crippen LogP contribution is 2.24. The molecule has 0 aromatic heterocycles. The Morgan fingerprint density at radius 2 is 1.76 bits per heavy atom. The van der Waals surface area contributed by atoms with E-state index in [-0.39, 0.29) is 6.04 Å². The first-order chi connectivity index (χ1) is 10.2. The van der Waals surface area contributed by atoms with Gasteiger partial charge in [-0.15, -0.1) is 0 Å². The molecule has 0 bridgehead atoms. The Balaban J connectivity index is 2.00. The Morgan fingerprint density at radius 1 is 1.00 bits per heavy atom. The van der Waals surface area contributed by atoms with E-state index < -0.39 is 11.6 Å². The van der Waals surface area contributed by atoms with Crippen molar-refractivity contribution in [2.24, 2.45) is 0 Å². The van der Waals surface area contributed by atoms with Crippen molar-refractivity contribution < 1.29 is 8.78 Å². The number of benzene rings is 2. The Morgan fingerprint density at radius 3 is 2.48 bits per heavy atom. The molecule has 3 heteroatoms. The first-order valence-electron chi connectivity index (χ1n) is 7.43. The molecule has 0 aliphatic heterocycles. The monoisotopic (exact) mass is 289 g/mol. The fourth-order valence-electron chi connectivity index (χ4n) is 2.56. The molecule has 0 saturated heterocycles. The minimum atomic E-state index is -0.779. The van der Waals surface area contributed by atoms with E-state index in [9.17, 15) is 8.78 Å². The number of halogens is 2. The van der Waals surface area contributed by atoms with Crippen LogP contribution in [0, 0.1) is 11.6 Å². The molecule has 112 valence electrons. The minimum Gasteiger partial charge on any atom is -0.310 e. The Labute approximate surface area is 125 Å². The molecule has 0 amide bonds. The van der Waals surface area contributed by atoms with Crippen molar-refractivity contribution in [3.05, 3.63) is 71.3 Å². The van der Waals surface area contributed by atoms with Crippen LogP contribution >= 0.6 is 0 Å². The molecule has 0 spiro atoms. The summed E-state index contributed by atoms with van der Waals surface area (Å²) < 4.78 is 27.3. The molecule has 1 atom stereocenters. The summed E-state index contributed by atoms with van der Waals surface area (Å²) in [7, 11) is 0. The molecule has 1 nitrogen and oxygen atoms in total. The van der Waals surface area contributed by atoms with Gasteiger partial charge in [-0.1, -0.05) is 49.4 Å². The van der Waals surface area contributed by atoms with E-state index >= 15 is 0 Å². The van der Waals surface area contributed by atoms with Crippen LogP contribution in [0.25, 0.3) is 0 Å². The second kappa shape index (κ2) is 7.89. The summed E-state index contributed by atoms with van der Waals surface area (Å²) in [5.74, 6) is -1.51. The third kappa shape index (κ3) is 4.36. The van der Waals surface area contributed by atoms with Crippen LogP contribution in [0.5, 0.6) is 0 Å². The summed E-state index contributed by atoms with van der Waals surface area (Å²) >= 11 is 0. The number of nitrogens with one attached hydrogen (secondary N) is 1. The minimum absolute atomic E-state index is 0.144. The average Bonchev–Trinajstić information content (AvgIpc) is 2.50. The molecule has 0 aliphatic carbocycles. The predicted octanol–water partition coefficient (Wildman–Crippen LogP) is 4.64. The molecule has 1 N–H and O–H groups in total. The zero-order valence-corrected chi connectivity index (χ0v) is 12.3. The van der Waals surface area contributed by atoms with E-state index in [4.69, 9.17) is 0 Å². The quantitative estimate of drug-likeness (QED) is 0.783. The number of hydrogen-bond acceptors (Lipinski definition) is 1. The van der Waals surface area contributed by atoms with E-state index in [2.05, 4.69) is 17.4 Å². The zero-order chi connectivity index (χ0) is 15.1. The van der Waals surface area contributed by atoms with Gasteiger partial charge in [0.15, 0.2) is 11.6 Å². The largest absolute Gasteiger partial charge is 0.310 e. The fraction of sp³-hybridized carbons (Fsp3) is 0.333. The standard InChI is InChI=1S/C18H21F2N/c1-2-21-17(15-11-7-12-16(19)18(15)20)13-6-10-14-8-4-3-5-9-14/h3-5,7-9,11-12,17,21H,2,6,10,13H2,1H3. The van der Waals surface area contributed by atoms with Crippen molar-refractivity contribution in [2.45, 2.75) is 32.2 Å². The van der Waals surface area contributed by atoms with E-state index in [1.807, 2.05) is 25.1 Å². The third-order valence-corrected chi connectivity index (χ3v) is 3.61. The normalized spacial score (nSPS) is 12.3. The summed E-state index contributed by atoms with van der Waals surface area (Å²) in [5.41, 5.74) is 1.69. The highest BCUT2D eigenvalue weighted by atomic mass is 19.2. The Kier molecular flexibility index (Phi) is 5.88. The molecule has 2 rings (SSSR count). The highest BCUT2D eigenvalue weighted by Gasteiger charge is 2.17. The summed E-state index contributed by atoms with van der Waals surface area (Å²) in [6.07, 6.45) is 2.65. The SMILES string of the molecule is CCNC(CCCc1ccccc1)c1cccc(F)c1F. The van der Waals surface area contributed by atoms with Crippen LogP contribution in [0.4, 0.5) is 8.78 Å². The van der Waals surface area contributed by atoms with Gasteiger partial charge in [-0.05, 0) is 37.4 Å².